The van der Waals surface area contributed by atoms with Crippen molar-refractivity contribution in [3.63, 3.8) is 0 Å². The first-order valence-electron chi connectivity index (χ1n) is 7.48. The highest BCUT2D eigenvalue weighted by Crippen LogP contribution is 2.57. The van der Waals surface area contributed by atoms with Crippen molar-refractivity contribution in [2.45, 2.75) is 44.5 Å². The maximum atomic E-state index is 12.4. The van der Waals surface area contributed by atoms with Gasteiger partial charge in [-0.25, -0.2) is 9.36 Å². The SMILES string of the molecule is COC1[C@@H](OP(=O)(S)OC(C)C)[C@@H](CO)O[C@H]1n1ccc(=O)[nH]c1=O. The number of nitrogens with zero attached hydrogens (tertiary/aromatic N) is 1. The van der Waals surface area contributed by atoms with Crippen LogP contribution in [0.1, 0.15) is 20.1 Å². The molecule has 142 valence electrons. The van der Waals surface area contributed by atoms with Gasteiger partial charge in [-0.2, -0.15) is 0 Å². The second-order valence-corrected chi connectivity index (χ2v) is 8.49. The molecule has 5 atom stereocenters. The van der Waals surface area contributed by atoms with Crippen molar-refractivity contribution in [3.05, 3.63) is 33.1 Å². The lowest BCUT2D eigenvalue weighted by Crippen LogP contribution is -2.39. The molecule has 0 aromatic carbocycles. The van der Waals surface area contributed by atoms with Crippen LogP contribution >= 0.6 is 19.0 Å². The molecule has 12 heteroatoms. The number of methoxy groups -OCH3 is 1. The number of rotatable bonds is 7. The van der Waals surface area contributed by atoms with Crippen LogP contribution < -0.4 is 11.2 Å². The number of ether oxygens (including phenoxy) is 2. The zero-order valence-electron chi connectivity index (χ0n) is 13.9. The minimum Gasteiger partial charge on any atom is -0.394 e. The largest absolute Gasteiger partial charge is 0.394 e. The van der Waals surface area contributed by atoms with Gasteiger partial charge >= 0.3 is 12.5 Å². The number of H-pyrrole nitrogens is 1. The normalized spacial score (nSPS) is 29.0. The van der Waals surface area contributed by atoms with Gasteiger partial charge in [0.2, 0.25) is 0 Å². The first kappa shape index (κ1) is 20.4. The summed E-state index contributed by atoms with van der Waals surface area (Å²) in [5, 5.41) is 9.55. The standard InChI is InChI=1S/C13H21N2O8PS/c1-7(2)22-24(19,25)23-10-8(6-16)21-12(11(10)20-3)15-5-4-9(17)14-13(15)18/h4-5,7-8,10-12,16H,6H2,1-3H3,(H,19,25)(H,14,17,18)/t8-,10+,11?,12-,24?/m1/s1. The average molecular weight is 396 g/mol. The maximum absolute atomic E-state index is 12.4. The summed E-state index contributed by atoms with van der Waals surface area (Å²) in [5.41, 5.74) is -1.28. The second-order valence-electron chi connectivity index (χ2n) is 5.66. The molecule has 0 bridgehead atoms. The molecule has 1 saturated heterocycles. The van der Waals surface area contributed by atoms with Crippen LogP contribution in [-0.4, -0.2) is 52.8 Å². The molecule has 1 aromatic heterocycles. The van der Waals surface area contributed by atoms with Crippen LogP contribution in [0.15, 0.2) is 21.9 Å². The van der Waals surface area contributed by atoms with Crippen LogP contribution in [0, 0.1) is 0 Å². The van der Waals surface area contributed by atoms with Crippen molar-refractivity contribution in [2.24, 2.45) is 0 Å². The van der Waals surface area contributed by atoms with E-state index < -0.39 is 55.3 Å². The van der Waals surface area contributed by atoms with E-state index in [2.05, 4.69) is 17.2 Å². The molecule has 1 aliphatic heterocycles. The van der Waals surface area contributed by atoms with Gasteiger partial charge in [0, 0.05) is 19.4 Å². The van der Waals surface area contributed by atoms with Gasteiger partial charge in [0.25, 0.3) is 5.56 Å². The van der Waals surface area contributed by atoms with Crippen molar-refractivity contribution in [1.82, 2.24) is 9.55 Å². The number of hydrogen-bond acceptors (Lipinski definition) is 8. The number of nitrogens with one attached hydrogen (secondary N) is 1. The molecular formula is C13H21N2O8PS. The van der Waals surface area contributed by atoms with Crippen molar-refractivity contribution in [1.29, 1.82) is 0 Å². The minimum atomic E-state index is -3.76. The molecular weight excluding hydrogens is 375 g/mol. The predicted molar refractivity (Wildman–Crippen MR) is 90.8 cm³/mol. The zero-order chi connectivity index (χ0) is 18.8. The quantitative estimate of drug-likeness (QED) is 0.443. The summed E-state index contributed by atoms with van der Waals surface area (Å²) < 4.78 is 35.0. The molecule has 10 nitrogen and oxygen atoms in total. The van der Waals surface area contributed by atoms with Gasteiger partial charge in [-0.1, -0.05) is 12.2 Å². The maximum Gasteiger partial charge on any atom is 0.386 e. The van der Waals surface area contributed by atoms with Gasteiger partial charge in [-0.05, 0) is 13.8 Å². The summed E-state index contributed by atoms with van der Waals surface area (Å²) in [6.07, 6.45) is -3.04. The average Bonchev–Trinajstić information content (AvgIpc) is 2.82. The third-order valence-electron chi connectivity index (χ3n) is 3.46. The van der Waals surface area contributed by atoms with E-state index in [-0.39, 0.29) is 0 Å². The molecule has 2 heterocycles. The summed E-state index contributed by atoms with van der Waals surface area (Å²) in [7, 11) is 1.35. The molecule has 1 aromatic rings. The van der Waals surface area contributed by atoms with E-state index in [4.69, 9.17) is 18.5 Å². The Labute approximate surface area is 148 Å². The summed E-state index contributed by atoms with van der Waals surface area (Å²) in [5.74, 6) is 0. The molecule has 0 spiro atoms. The first-order chi connectivity index (χ1) is 11.7. The van der Waals surface area contributed by atoms with Crippen LogP contribution in [-0.2, 0) is 23.1 Å². The van der Waals surface area contributed by atoms with Gasteiger partial charge in [-0.3, -0.25) is 23.4 Å². The minimum absolute atomic E-state index is 0.406. The van der Waals surface area contributed by atoms with Crippen molar-refractivity contribution in [2.75, 3.05) is 13.7 Å². The fraction of sp³-hybridized carbons (Fsp3) is 0.692. The van der Waals surface area contributed by atoms with Crippen molar-refractivity contribution in [3.8, 4) is 0 Å². The van der Waals surface area contributed by atoms with Crippen LogP contribution in [0.3, 0.4) is 0 Å². The Kier molecular flexibility index (Phi) is 6.66. The van der Waals surface area contributed by atoms with Gasteiger partial charge in [0.1, 0.15) is 18.3 Å². The summed E-state index contributed by atoms with van der Waals surface area (Å²) >= 11 is 3.91. The van der Waals surface area contributed by atoms with E-state index in [1.165, 1.54) is 13.3 Å². The lowest BCUT2D eigenvalue weighted by atomic mass is 10.1. The van der Waals surface area contributed by atoms with E-state index in [0.717, 1.165) is 10.6 Å². The Bertz CT molecular complexity index is 750. The van der Waals surface area contributed by atoms with Gasteiger partial charge < -0.3 is 14.6 Å². The molecule has 0 aliphatic carbocycles. The predicted octanol–water partition coefficient (Wildman–Crippen LogP) is 0.289. The van der Waals surface area contributed by atoms with Crippen LogP contribution in [0.5, 0.6) is 0 Å². The highest BCUT2D eigenvalue weighted by Gasteiger charge is 2.49. The van der Waals surface area contributed by atoms with Crippen LogP contribution in [0.2, 0.25) is 0 Å². The highest BCUT2D eigenvalue weighted by atomic mass is 32.7. The number of aliphatic hydroxyl groups is 1. The molecule has 0 radical (unpaired) electrons. The number of hydrogen-bond donors (Lipinski definition) is 3. The molecule has 0 saturated carbocycles. The molecule has 2 N–H and O–H groups in total. The summed E-state index contributed by atoms with van der Waals surface area (Å²) in [6.45, 7) is -0.908. The monoisotopic (exact) mass is 396 g/mol. The van der Waals surface area contributed by atoms with Gasteiger partial charge in [-0.15, -0.1) is 0 Å². The van der Waals surface area contributed by atoms with Crippen LogP contribution in [0.4, 0.5) is 0 Å². The van der Waals surface area contributed by atoms with E-state index >= 15 is 0 Å². The molecule has 1 fully saturated rings. The van der Waals surface area contributed by atoms with Gasteiger partial charge in [0.05, 0.1) is 12.7 Å². The first-order valence-corrected chi connectivity index (χ1v) is 10.2. The summed E-state index contributed by atoms with van der Waals surface area (Å²) in [4.78, 5) is 25.3. The highest BCUT2D eigenvalue weighted by molar-refractivity contribution is 8.44. The lowest BCUT2D eigenvalue weighted by Gasteiger charge is -2.26. The van der Waals surface area contributed by atoms with Crippen molar-refractivity contribution < 1.29 is 28.2 Å². The number of aromatic nitrogens is 2. The summed E-state index contributed by atoms with van der Waals surface area (Å²) in [6, 6.07) is 1.14. The van der Waals surface area contributed by atoms with Gasteiger partial charge in [0.15, 0.2) is 6.23 Å². The Hall–Kier alpha value is -0.940. The lowest BCUT2D eigenvalue weighted by molar-refractivity contribution is -0.0625. The third-order valence-corrected chi connectivity index (χ3v) is 5.23. The molecule has 0 amide bonds. The van der Waals surface area contributed by atoms with E-state index in [1.54, 1.807) is 13.8 Å². The Morgan fingerprint density at radius 2 is 2.12 bits per heavy atom. The van der Waals surface area contributed by atoms with Crippen LogP contribution in [0.25, 0.3) is 0 Å². The van der Waals surface area contributed by atoms with E-state index in [0.29, 0.717) is 0 Å². The Morgan fingerprint density at radius 3 is 2.64 bits per heavy atom. The zero-order valence-corrected chi connectivity index (χ0v) is 15.7. The number of thiol groups is 1. The molecule has 1 aliphatic rings. The fourth-order valence-electron chi connectivity index (χ4n) is 2.53. The van der Waals surface area contributed by atoms with Crippen molar-refractivity contribution >= 4 is 19.0 Å². The number of aliphatic hydroxyl groups excluding tert-OH is 1. The van der Waals surface area contributed by atoms with E-state index in [1.807, 2.05) is 0 Å². The molecule has 25 heavy (non-hydrogen) atoms. The Balaban J connectivity index is 2.32. The number of aromatic amines is 1. The third kappa shape index (κ3) is 4.82. The van der Waals surface area contributed by atoms with E-state index in [9.17, 15) is 19.3 Å². The topological polar surface area (TPSA) is 129 Å². The molecule has 2 rings (SSSR count). The second kappa shape index (κ2) is 8.17. The molecule has 2 unspecified atom stereocenters. The smallest absolute Gasteiger partial charge is 0.386 e. The Morgan fingerprint density at radius 1 is 1.44 bits per heavy atom. The fourth-order valence-corrected chi connectivity index (χ4v) is 4.57.